The molecule has 1 aromatic carbocycles. The minimum atomic E-state index is 0.694. The van der Waals surface area contributed by atoms with E-state index in [1.807, 2.05) is 19.2 Å². The number of benzene rings is 1. The Hall–Kier alpha value is -1.92. The van der Waals surface area contributed by atoms with Gasteiger partial charge < -0.3 is 14.6 Å². The van der Waals surface area contributed by atoms with Gasteiger partial charge in [0.05, 0.1) is 6.54 Å². The van der Waals surface area contributed by atoms with Crippen LogP contribution in [0.4, 0.5) is 0 Å². The van der Waals surface area contributed by atoms with E-state index in [0.29, 0.717) is 6.61 Å². The Bertz CT molecular complexity index is 566. The molecule has 1 aromatic heterocycles. The first-order chi connectivity index (χ1) is 10.3. The molecule has 6 heteroatoms. The molecule has 2 heterocycles. The second-order valence-electron chi connectivity index (χ2n) is 5.24. The lowest BCUT2D eigenvalue weighted by atomic mass is 10.2. The molecule has 2 aromatic rings. The lowest BCUT2D eigenvalue weighted by Crippen LogP contribution is -2.36. The Morgan fingerprint density at radius 3 is 2.90 bits per heavy atom. The summed E-state index contributed by atoms with van der Waals surface area (Å²) in [6, 6.07) is 8.24. The van der Waals surface area contributed by atoms with Crippen LogP contribution in [-0.2, 0) is 19.6 Å². The molecule has 0 unspecified atom stereocenters. The van der Waals surface area contributed by atoms with Crippen molar-refractivity contribution >= 4 is 0 Å². The van der Waals surface area contributed by atoms with E-state index >= 15 is 0 Å². The highest BCUT2D eigenvalue weighted by Crippen LogP contribution is 2.13. The monoisotopic (exact) mass is 287 g/mol. The summed E-state index contributed by atoms with van der Waals surface area (Å²) in [4.78, 5) is 2.35. The molecule has 0 bridgehead atoms. The van der Waals surface area contributed by atoms with Gasteiger partial charge in [-0.2, -0.15) is 0 Å². The fourth-order valence-corrected chi connectivity index (χ4v) is 2.51. The van der Waals surface area contributed by atoms with Gasteiger partial charge in [0.25, 0.3) is 0 Å². The van der Waals surface area contributed by atoms with E-state index in [4.69, 9.17) is 4.74 Å². The van der Waals surface area contributed by atoms with Gasteiger partial charge in [-0.05, 0) is 24.7 Å². The van der Waals surface area contributed by atoms with Crippen molar-refractivity contribution in [2.75, 3.05) is 26.7 Å². The number of hydrogen-bond acceptors (Lipinski definition) is 5. The van der Waals surface area contributed by atoms with E-state index in [1.165, 1.54) is 5.56 Å². The molecular formula is C15H21N5O. The molecule has 0 radical (unpaired) electrons. The first-order valence-electron chi connectivity index (χ1n) is 7.30. The predicted molar refractivity (Wildman–Crippen MR) is 80.0 cm³/mol. The second-order valence-corrected chi connectivity index (χ2v) is 5.24. The molecule has 0 atom stereocenters. The van der Waals surface area contributed by atoms with Gasteiger partial charge in [-0.15, -0.1) is 10.2 Å². The molecule has 0 aliphatic carbocycles. The van der Waals surface area contributed by atoms with Crippen molar-refractivity contribution in [3.8, 4) is 5.75 Å². The van der Waals surface area contributed by atoms with Crippen molar-refractivity contribution in [2.24, 2.45) is 0 Å². The van der Waals surface area contributed by atoms with Crippen molar-refractivity contribution in [1.29, 1.82) is 0 Å². The number of nitrogens with one attached hydrogen (secondary N) is 1. The van der Waals surface area contributed by atoms with E-state index in [1.54, 1.807) is 6.33 Å². The number of fused-ring (bicyclic) bond motifs is 1. The van der Waals surface area contributed by atoms with Crippen molar-refractivity contribution in [2.45, 2.75) is 19.6 Å². The summed E-state index contributed by atoms with van der Waals surface area (Å²) in [7, 11) is 1.95. The van der Waals surface area contributed by atoms with Crippen LogP contribution in [0.1, 0.15) is 11.4 Å². The zero-order valence-electron chi connectivity index (χ0n) is 12.3. The molecule has 1 aliphatic heterocycles. The lowest BCUT2D eigenvalue weighted by Gasteiger charge is -2.26. The zero-order valence-corrected chi connectivity index (χ0v) is 12.3. The Balaban J connectivity index is 1.44. The van der Waals surface area contributed by atoms with E-state index in [-0.39, 0.29) is 0 Å². The van der Waals surface area contributed by atoms with E-state index in [9.17, 15) is 0 Å². The first-order valence-corrected chi connectivity index (χ1v) is 7.30. The van der Waals surface area contributed by atoms with Gasteiger partial charge in [0.15, 0.2) is 0 Å². The van der Waals surface area contributed by atoms with Crippen molar-refractivity contribution < 1.29 is 4.74 Å². The molecule has 0 spiro atoms. The highest BCUT2D eigenvalue weighted by Gasteiger charge is 2.16. The molecular weight excluding hydrogens is 266 g/mol. The summed E-state index contributed by atoms with van der Waals surface area (Å²) >= 11 is 0. The van der Waals surface area contributed by atoms with Crippen LogP contribution in [0.3, 0.4) is 0 Å². The summed E-state index contributed by atoms with van der Waals surface area (Å²) in [5.74, 6) is 1.97. The summed E-state index contributed by atoms with van der Waals surface area (Å²) in [5, 5.41) is 11.2. The van der Waals surface area contributed by atoms with Gasteiger partial charge in [-0.1, -0.05) is 12.1 Å². The third-order valence-electron chi connectivity index (χ3n) is 3.70. The predicted octanol–water partition coefficient (Wildman–Crippen LogP) is 0.892. The van der Waals surface area contributed by atoms with Crippen molar-refractivity contribution in [3.05, 3.63) is 42.0 Å². The van der Waals surface area contributed by atoms with E-state index < -0.39 is 0 Å². The summed E-state index contributed by atoms with van der Waals surface area (Å²) in [6.45, 7) is 5.32. The van der Waals surface area contributed by atoms with Gasteiger partial charge in [-0.25, -0.2) is 0 Å². The third-order valence-corrected chi connectivity index (χ3v) is 3.70. The van der Waals surface area contributed by atoms with Gasteiger partial charge in [0.2, 0.25) is 0 Å². The molecule has 21 heavy (non-hydrogen) atoms. The fraction of sp³-hybridized carbons (Fsp3) is 0.467. The topological polar surface area (TPSA) is 55.2 Å². The number of aromatic nitrogens is 3. The molecule has 1 aliphatic rings. The summed E-state index contributed by atoms with van der Waals surface area (Å²) < 4.78 is 7.92. The minimum absolute atomic E-state index is 0.694. The maximum Gasteiger partial charge on any atom is 0.147 e. The summed E-state index contributed by atoms with van der Waals surface area (Å²) in [5.41, 5.74) is 1.26. The normalized spacial score (nSPS) is 14.9. The zero-order chi connectivity index (χ0) is 14.5. The number of hydrogen-bond donors (Lipinski definition) is 1. The van der Waals surface area contributed by atoms with Crippen molar-refractivity contribution in [3.63, 3.8) is 0 Å². The summed E-state index contributed by atoms with van der Waals surface area (Å²) in [6.07, 6.45) is 1.80. The van der Waals surface area contributed by atoms with Crippen LogP contribution >= 0.6 is 0 Å². The number of nitrogens with zero attached hydrogens (tertiary/aromatic N) is 4. The Kier molecular flexibility index (Phi) is 4.47. The van der Waals surface area contributed by atoms with Gasteiger partial charge in [0.1, 0.15) is 24.5 Å². The number of rotatable bonds is 6. The van der Waals surface area contributed by atoms with Gasteiger partial charge >= 0.3 is 0 Å². The van der Waals surface area contributed by atoms with E-state index in [0.717, 1.165) is 44.3 Å². The third kappa shape index (κ3) is 3.59. The Morgan fingerprint density at radius 1 is 1.24 bits per heavy atom. The molecule has 0 fully saturated rings. The Labute approximate surface area is 124 Å². The molecule has 112 valence electrons. The Morgan fingerprint density at radius 2 is 2.10 bits per heavy atom. The fourth-order valence-electron chi connectivity index (χ4n) is 2.51. The first kappa shape index (κ1) is 14.0. The van der Waals surface area contributed by atoms with Crippen LogP contribution in [0.2, 0.25) is 0 Å². The van der Waals surface area contributed by atoms with Crippen LogP contribution in [-0.4, -0.2) is 46.4 Å². The van der Waals surface area contributed by atoms with Crippen LogP contribution < -0.4 is 10.1 Å². The number of ether oxygens (including phenoxy) is 1. The quantitative estimate of drug-likeness (QED) is 0.855. The highest BCUT2D eigenvalue weighted by molar-refractivity contribution is 5.27. The lowest BCUT2D eigenvalue weighted by molar-refractivity contribution is 0.174. The minimum Gasteiger partial charge on any atom is -0.492 e. The van der Waals surface area contributed by atoms with Crippen LogP contribution in [0.15, 0.2) is 30.6 Å². The molecule has 1 N–H and O–H groups in total. The molecule has 3 rings (SSSR count). The van der Waals surface area contributed by atoms with Gasteiger partial charge in [-0.3, -0.25) is 4.90 Å². The average Bonchev–Trinajstić information content (AvgIpc) is 2.97. The highest BCUT2D eigenvalue weighted by atomic mass is 16.5. The molecule has 0 saturated heterocycles. The van der Waals surface area contributed by atoms with Crippen molar-refractivity contribution in [1.82, 2.24) is 25.0 Å². The largest absolute Gasteiger partial charge is 0.492 e. The maximum absolute atomic E-state index is 5.81. The SMILES string of the molecule is CNCc1ccc(OCCN2CCn3cnnc3C2)cc1. The smallest absolute Gasteiger partial charge is 0.147 e. The van der Waals surface area contributed by atoms with E-state index in [2.05, 4.69) is 37.1 Å². The molecule has 6 nitrogen and oxygen atoms in total. The maximum atomic E-state index is 5.81. The van der Waals surface area contributed by atoms with Crippen LogP contribution in [0.25, 0.3) is 0 Å². The van der Waals surface area contributed by atoms with Gasteiger partial charge in [0, 0.05) is 26.2 Å². The van der Waals surface area contributed by atoms with Crippen LogP contribution in [0, 0.1) is 0 Å². The second kappa shape index (κ2) is 6.69. The molecule has 0 amide bonds. The average molecular weight is 287 g/mol. The standard InChI is InChI=1S/C15H21N5O/c1-16-10-13-2-4-14(5-3-13)21-9-8-19-6-7-20-12-17-18-15(20)11-19/h2-5,12,16H,6-11H2,1H3. The molecule has 0 saturated carbocycles. The van der Waals surface area contributed by atoms with Crippen LogP contribution in [0.5, 0.6) is 5.75 Å².